The molecule has 0 bridgehead atoms. The number of hydrogen-bond donors (Lipinski definition) is 1. The summed E-state index contributed by atoms with van der Waals surface area (Å²) in [6, 6.07) is 14.3. The summed E-state index contributed by atoms with van der Waals surface area (Å²) < 4.78 is 1.44. The molecule has 4 rings (SSSR count). The van der Waals surface area contributed by atoms with Crippen LogP contribution in [0.1, 0.15) is 6.42 Å². The molecular formula is C15H17N7. The van der Waals surface area contributed by atoms with Crippen LogP contribution in [-0.4, -0.2) is 44.9 Å². The molecule has 1 saturated heterocycles. The molecule has 2 aromatic heterocycles. The topological polar surface area (TPSA) is 71.2 Å². The lowest BCUT2D eigenvalue weighted by Gasteiger charge is -2.18. The monoisotopic (exact) mass is 295 g/mol. The van der Waals surface area contributed by atoms with Crippen LogP contribution in [0.5, 0.6) is 0 Å². The Morgan fingerprint density at radius 1 is 1.14 bits per heavy atom. The standard InChI is InChI=1S/C15H17N7/c1-2-4-13(5-3-1)21-9-8-12(11-21)10-16-14-6-7-15-17-19-20-22(15)18-14/h1-7,12H,8-11H2,(H,16,18)/t12-/m1/s1. The van der Waals surface area contributed by atoms with E-state index < -0.39 is 0 Å². The second-order valence-electron chi connectivity index (χ2n) is 5.56. The SMILES string of the molecule is c1ccc(N2CC[C@H](CNc3ccc4nnnn4n3)C2)cc1. The van der Waals surface area contributed by atoms with E-state index in [4.69, 9.17) is 0 Å². The number of nitrogens with one attached hydrogen (secondary N) is 1. The van der Waals surface area contributed by atoms with Gasteiger partial charge in [-0.25, -0.2) is 0 Å². The molecule has 0 aliphatic carbocycles. The summed E-state index contributed by atoms with van der Waals surface area (Å²) >= 11 is 0. The van der Waals surface area contributed by atoms with Gasteiger partial charge < -0.3 is 10.2 Å². The van der Waals surface area contributed by atoms with E-state index in [9.17, 15) is 0 Å². The fourth-order valence-corrected chi connectivity index (χ4v) is 2.87. The minimum absolute atomic E-state index is 0.617. The quantitative estimate of drug-likeness (QED) is 0.785. The van der Waals surface area contributed by atoms with Crippen LogP contribution in [0.15, 0.2) is 42.5 Å². The number of anilines is 2. The highest BCUT2D eigenvalue weighted by Crippen LogP contribution is 2.23. The Kier molecular flexibility index (Phi) is 3.30. The smallest absolute Gasteiger partial charge is 0.200 e. The number of aromatic nitrogens is 5. The van der Waals surface area contributed by atoms with E-state index in [0.29, 0.717) is 11.6 Å². The third kappa shape index (κ3) is 2.57. The van der Waals surface area contributed by atoms with Crippen molar-refractivity contribution >= 4 is 17.2 Å². The zero-order valence-corrected chi connectivity index (χ0v) is 12.1. The van der Waals surface area contributed by atoms with Gasteiger partial charge in [-0.05, 0) is 47.0 Å². The van der Waals surface area contributed by atoms with E-state index in [2.05, 4.69) is 61.2 Å². The molecule has 1 atom stereocenters. The number of para-hydroxylation sites is 1. The normalized spacial score (nSPS) is 18.0. The van der Waals surface area contributed by atoms with Crippen molar-refractivity contribution in [2.45, 2.75) is 6.42 Å². The van der Waals surface area contributed by atoms with Gasteiger partial charge in [0.2, 0.25) is 0 Å². The van der Waals surface area contributed by atoms with Crippen LogP contribution in [0.3, 0.4) is 0 Å². The van der Waals surface area contributed by atoms with Crippen LogP contribution >= 0.6 is 0 Å². The second kappa shape index (κ2) is 5.59. The van der Waals surface area contributed by atoms with Crippen molar-refractivity contribution in [3.63, 3.8) is 0 Å². The number of tetrazole rings is 1. The lowest BCUT2D eigenvalue weighted by Crippen LogP contribution is -2.22. The zero-order valence-electron chi connectivity index (χ0n) is 12.1. The van der Waals surface area contributed by atoms with Crippen molar-refractivity contribution in [1.29, 1.82) is 0 Å². The van der Waals surface area contributed by atoms with Gasteiger partial charge >= 0.3 is 0 Å². The molecule has 1 aliphatic heterocycles. The first-order valence-corrected chi connectivity index (χ1v) is 7.48. The molecule has 3 aromatic rings. The lowest BCUT2D eigenvalue weighted by molar-refractivity contribution is 0.618. The molecule has 1 aromatic carbocycles. The predicted molar refractivity (Wildman–Crippen MR) is 83.8 cm³/mol. The van der Waals surface area contributed by atoms with Crippen molar-refractivity contribution < 1.29 is 0 Å². The Bertz CT molecular complexity index is 755. The zero-order chi connectivity index (χ0) is 14.8. The molecule has 0 saturated carbocycles. The van der Waals surface area contributed by atoms with E-state index in [0.717, 1.165) is 25.5 Å². The van der Waals surface area contributed by atoms with E-state index in [1.54, 1.807) is 0 Å². The van der Waals surface area contributed by atoms with Crippen LogP contribution in [0.4, 0.5) is 11.5 Å². The minimum Gasteiger partial charge on any atom is -0.371 e. The van der Waals surface area contributed by atoms with Gasteiger partial charge in [-0.15, -0.1) is 14.8 Å². The summed E-state index contributed by atoms with van der Waals surface area (Å²) in [4.78, 5) is 2.43. The number of fused-ring (bicyclic) bond motifs is 1. The Morgan fingerprint density at radius 3 is 2.95 bits per heavy atom. The molecule has 1 N–H and O–H groups in total. The van der Waals surface area contributed by atoms with Gasteiger partial charge in [0.25, 0.3) is 0 Å². The van der Waals surface area contributed by atoms with Gasteiger partial charge in [-0.2, -0.15) is 0 Å². The van der Waals surface area contributed by atoms with Crippen LogP contribution in [0.25, 0.3) is 5.65 Å². The van der Waals surface area contributed by atoms with Crippen molar-refractivity contribution in [2.75, 3.05) is 29.9 Å². The summed E-state index contributed by atoms with van der Waals surface area (Å²) in [6.07, 6.45) is 1.19. The fourth-order valence-electron chi connectivity index (χ4n) is 2.87. The highest BCUT2D eigenvalue weighted by molar-refractivity contribution is 5.47. The minimum atomic E-state index is 0.617. The average Bonchev–Trinajstić information content (AvgIpc) is 3.22. The number of benzene rings is 1. The van der Waals surface area contributed by atoms with Crippen LogP contribution in [-0.2, 0) is 0 Å². The lowest BCUT2D eigenvalue weighted by atomic mass is 10.1. The molecule has 7 heteroatoms. The van der Waals surface area contributed by atoms with Crippen LogP contribution in [0.2, 0.25) is 0 Å². The first-order chi connectivity index (χ1) is 10.9. The number of rotatable bonds is 4. The molecule has 112 valence electrons. The molecule has 1 fully saturated rings. The van der Waals surface area contributed by atoms with Crippen molar-refractivity contribution in [3.8, 4) is 0 Å². The summed E-state index contributed by atoms with van der Waals surface area (Å²) in [7, 11) is 0. The molecule has 22 heavy (non-hydrogen) atoms. The molecule has 7 nitrogen and oxygen atoms in total. The number of hydrogen-bond acceptors (Lipinski definition) is 6. The van der Waals surface area contributed by atoms with E-state index in [-0.39, 0.29) is 0 Å². The van der Waals surface area contributed by atoms with Crippen LogP contribution in [0, 0.1) is 5.92 Å². The molecule has 0 spiro atoms. The predicted octanol–water partition coefficient (Wildman–Crippen LogP) is 1.46. The van der Waals surface area contributed by atoms with Gasteiger partial charge in [0.15, 0.2) is 5.65 Å². The van der Waals surface area contributed by atoms with E-state index in [1.807, 2.05) is 12.1 Å². The Morgan fingerprint density at radius 2 is 2.05 bits per heavy atom. The molecule has 0 unspecified atom stereocenters. The Hall–Kier alpha value is -2.70. The molecule has 0 radical (unpaired) electrons. The first kappa shape index (κ1) is 13.0. The summed E-state index contributed by atoms with van der Waals surface area (Å²) in [5.74, 6) is 1.42. The molecular weight excluding hydrogens is 278 g/mol. The van der Waals surface area contributed by atoms with Gasteiger partial charge in [-0.1, -0.05) is 18.2 Å². The average molecular weight is 295 g/mol. The molecule has 3 heterocycles. The fraction of sp³-hybridized carbons (Fsp3) is 0.333. The van der Waals surface area contributed by atoms with Crippen molar-refractivity contribution in [3.05, 3.63) is 42.5 Å². The van der Waals surface area contributed by atoms with E-state index in [1.165, 1.54) is 16.7 Å². The van der Waals surface area contributed by atoms with Gasteiger partial charge in [-0.3, -0.25) is 0 Å². The van der Waals surface area contributed by atoms with Crippen molar-refractivity contribution in [1.82, 2.24) is 25.3 Å². The Labute approximate surface area is 127 Å². The Balaban J connectivity index is 1.36. The second-order valence-corrected chi connectivity index (χ2v) is 5.56. The third-order valence-corrected chi connectivity index (χ3v) is 4.05. The van der Waals surface area contributed by atoms with Crippen LogP contribution < -0.4 is 10.2 Å². The maximum atomic E-state index is 4.33. The summed E-state index contributed by atoms with van der Waals surface area (Å²) in [5, 5.41) is 19.0. The summed E-state index contributed by atoms with van der Waals surface area (Å²) in [6.45, 7) is 3.09. The summed E-state index contributed by atoms with van der Waals surface area (Å²) in [5.41, 5.74) is 1.96. The van der Waals surface area contributed by atoms with Gasteiger partial charge in [0.1, 0.15) is 5.82 Å². The van der Waals surface area contributed by atoms with E-state index >= 15 is 0 Å². The van der Waals surface area contributed by atoms with Crippen molar-refractivity contribution in [2.24, 2.45) is 5.92 Å². The number of nitrogens with zero attached hydrogens (tertiary/aromatic N) is 6. The molecule has 1 aliphatic rings. The largest absolute Gasteiger partial charge is 0.371 e. The maximum Gasteiger partial charge on any atom is 0.200 e. The molecule has 0 amide bonds. The highest BCUT2D eigenvalue weighted by atomic mass is 15.6. The third-order valence-electron chi connectivity index (χ3n) is 4.05. The van der Waals surface area contributed by atoms with Gasteiger partial charge in [0.05, 0.1) is 0 Å². The highest BCUT2D eigenvalue weighted by Gasteiger charge is 2.22. The maximum absolute atomic E-state index is 4.33. The van der Waals surface area contributed by atoms with Gasteiger partial charge in [0, 0.05) is 25.3 Å². The first-order valence-electron chi connectivity index (χ1n) is 7.48.